The van der Waals surface area contributed by atoms with E-state index in [1.54, 1.807) is 13.4 Å². The molecule has 0 aromatic carbocycles. The first kappa shape index (κ1) is 13.9. The predicted octanol–water partition coefficient (Wildman–Crippen LogP) is 2.72. The maximum atomic E-state index is 5.11. The van der Waals surface area contributed by atoms with Gasteiger partial charge in [0.25, 0.3) is 0 Å². The second-order valence-corrected chi connectivity index (χ2v) is 4.18. The first-order valence-corrected chi connectivity index (χ1v) is 6.35. The number of nitrogens with zero attached hydrogens (tertiary/aromatic N) is 2. The second kappa shape index (κ2) is 8.01. The van der Waals surface area contributed by atoms with Gasteiger partial charge in [-0.3, -0.25) is 0 Å². The molecule has 17 heavy (non-hydrogen) atoms. The molecule has 0 aliphatic carbocycles. The van der Waals surface area contributed by atoms with Crippen molar-refractivity contribution in [2.45, 2.75) is 45.1 Å². The van der Waals surface area contributed by atoms with Crippen LogP contribution >= 0.6 is 0 Å². The van der Waals surface area contributed by atoms with Gasteiger partial charge in [-0.05, 0) is 13.5 Å². The lowest BCUT2D eigenvalue weighted by atomic mass is 10.0. The quantitative estimate of drug-likeness (QED) is 0.706. The van der Waals surface area contributed by atoms with Crippen LogP contribution in [0.1, 0.15) is 50.8 Å². The lowest BCUT2D eigenvalue weighted by Gasteiger charge is -2.15. The maximum Gasteiger partial charge on any atom is 0.216 e. The summed E-state index contributed by atoms with van der Waals surface area (Å²) >= 11 is 0. The first-order valence-electron chi connectivity index (χ1n) is 6.35. The first-order chi connectivity index (χ1) is 8.31. The zero-order chi connectivity index (χ0) is 12.5. The molecule has 0 amide bonds. The van der Waals surface area contributed by atoms with Crippen molar-refractivity contribution < 1.29 is 4.74 Å². The van der Waals surface area contributed by atoms with E-state index in [0.29, 0.717) is 11.9 Å². The maximum absolute atomic E-state index is 5.11. The minimum atomic E-state index is 0.295. The monoisotopic (exact) mass is 237 g/mol. The summed E-state index contributed by atoms with van der Waals surface area (Å²) in [7, 11) is 3.60. The van der Waals surface area contributed by atoms with Gasteiger partial charge in [-0.2, -0.15) is 0 Å². The number of hydrogen-bond donors (Lipinski definition) is 1. The summed E-state index contributed by atoms with van der Waals surface area (Å²) in [4.78, 5) is 8.33. The normalized spacial score (nSPS) is 12.4. The summed E-state index contributed by atoms with van der Waals surface area (Å²) in [5.41, 5.74) is 1.01. The van der Waals surface area contributed by atoms with Gasteiger partial charge in [-0.15, -0.1) is 0 Å². The predicted molar refractivity (Wildman–Crippen MR) is 69.1 cm³/mol. The van der Waals surface area contributed by atoms with Crippen LogP contribution in [0.4, 0.5) is 0 Å². The number of hydrogen-bond acceptors (Lipinski definition) is 4. The number of unbranched alkanes of at least 4 members (excludes halogenated alkanes) is 3. The van der Waals surface area contributed by atoms with Crippen molar-refractivity contribution in [2.75, 3.05) is 14.2 Å². The van der Waals surface area contributed by atoms with Gasteiger partial charge in [0.05, 0.1) is 12.8 Å². The van der Waals surface area contributed by atoms with Gasteiger partial charge in [0.1, 0.15) is 6.33 Å². The van der Waals surface area contributed by atoms with Crippen LogP contribution in [0.15, 0.2) is 12.4 Å². The number of rotatable bonds is 8. The van der Waals surface area contributed by atoms with E-state index < -0.39 is 0 Å². The van der Waals surface area contributed by atoms with Gasteiger partial charge in [0, 0.05) is 12.1 Å². The van der Waals surface area contributed by atoms with Crippen molar-refractivity contribution in [2.24, 2.45) is 0 Å². The zero-order valence-electron chi connectivity index (χ0n) is 11.1. The minimum Gasteiger partial charge on any atom is -0.481 e. The van der Waals surface area contributed by atoms with Crippen molar-refractivity contribution >= 4 is 0 Å². The van der Waals surface area contributed by atoms with E-state index >= 15 is 0 Å². The number of methoxy groups -OCH3 is 1. The average Bonchev–Trinajstić information content (AvgIpc) is 2.39. The molecule has 1 heterocycles. The summed E-state index contributed by atoms with van der Waals surface area (Å²) in [5.74, 6) is 0.629. The Morgan fingerprint density at radius 2 is 2.12 bits per heavy atom. The molecule has 96 valence electrons. The Labute approximate surface area is 104 Å². The summed E-state index contributed by atoms with van der Waals surface area (Å²) in [5, 5.41) is 3.30. The third-order valence-corrected chi connectivity index (χ3v) is 2.92. The summed E-state index contributed by atoms with van der Waals surface area (Å²) in [6, 6.07) is 2.20. The van der Waals surface area contributed by atoms with E-state index in [1.165, 1.54) is 25.7 Å². The van der Waals surface area contributed by atoms with Crippen LogP contribution in [0.3, 0.4) is 0 Å². The highest BCUT2D eigenvalue weighted by Crippen LogP contribution is 2.19. The van der Waals surface area contributed by atoms with Crippen LogP contribution in [-0.4, -0.2) is 24.1 Å². The molecule has 1 unspecified atom stereocenters. The van der Waals surface area contributed by atoms with Crippen molar-refractivity contribution in [1.29, 1.82) is 0 Å². The Bertz CT molecular complexity index is 317. The molecule has 0 aliphatic rings. The Morgan fingerprint density at radius 3 is 2.76 bits per heavy atom. The van der Waals surface area contributed by atoms with E-state index in [2.05, 4.69) is 22.2 Å². The van der Waals surface area contributed by atoms with Gasteiger partial charge in [-0.25, -0.2) is 9.97 Å². The zero-order valence-corrected chi connectivity index (χ0v) is 11.1. The van der Waals surface area contributed by atoms with E-state index in [4.69, 9.17) is 4.74 Å². The fourth-order valence-corrected chi connectivity index (χ4v) is 1.87. The highest BCUT2D eigenvalue weighted by molar-refractivity contribution is 5.16. The second-order valence-electron chi connectivity index (χ2n) is 4.18. The Kier molecular flexibility index (Phi) is 6.55. The van der Waals surface area contributed by atoms with Gasteiger partial charge >= 0.3 is 0 Å². The molecule has 1 rings (SSSR count). The number of aromatic nitrogens is 2. The third-order valence-electron chi connectivity index (χ3n) is 2.92. The van der Waals surface area contributed by atoms with Gasteiger partial charge in [-0.1, -0.05) is 32.6 Å². The number of nitrogens with one attached hydrogen (secondary N) is 1. The molecule has 1 N–H and O–H groups in total. The molecule has 1 aromatic heterocycles. The highest BCUT2D eigenvalue weighted by Gasteiger charge is 2.11. The third kappa shape index (κ3) is 4.69. The lowest BCUT2D eigenvalue weighted by molar-refractivity contribution is 0.393. The molecule has 4 nitrogen and oxygen atoms in total. The van der Waals surface area contributed by atoms with Gasteiger partial charge < -0.3 is 10.1 Å². The molecule has 0 aliphatic heterocycles. The fraction of sp³-hybridized carbons (Fsp3) is 0.692. The van der Waals surface area contributed by atoms with E-state index in [-0.39, 0.29) is 0 Å². The molecule has 4 heteroatoms. The van der Waals surface area contributed by atoms with Gasteiger partial charge in [0.2, 0.25) is 5.88 Å². The summed E-state index contributed by atoms with van der Waals surface area (Å²) < 4.78 is 5.11. The van der Waals surface area contributed by atoms with Crippen molar-refractivity contribution in [1.82, 2.24) is 15.3 Å². The Balaban J connectivity index is 2.53. The number of ether oxygens (including phenoxy) is 1. The SMILES string of the molecule is CCCCCCC(NC)c1cc(OC)ncn1. The molecule has 0 saturated carbocycles. The van der Waals surface area contributed by atoms with Crippen LogP contribution in [0.25, 0.3) is 0 Å². The lowest BCUT2D eigenvalue weighted by Crippen LogP contribution is -2.17. The molecular formula is C13H23N3O. The summed E-state index contributed by atoms with van der Waals surface area (Å²) in [6.45, 7) is 2.23. The smallest absolute Gasteiger partial charge is 0.216 e. The molecule has 0 bridgehead atoms. The van der Waals surface area contributed by atoms with Crippen molar-refractivity contribution in [3.63, 3.8) is 0 Å². The van der Waals surface area contributed by atoms with Crippen LogP contribution < -0.4 is 10.1 Å². The molecule has 1 aromatic rings. The Morgan fingerprint density at radius 1 is 1.29 bits per heavy atom. The van der Waals surface area contributed by atoms with Crippen LogP contribution in [0.5, 0.6) is 5.88 Å². The molecule has 0 saturated heterocycles. The van der Waals surface area contributed by atoms with Crippen molar-refractivity contribution in [3.05, 3.63) is 18.1 Å². The van der Waals surface area contributed by atoms with E-state index in [9.17, 15) is 0 Å². The minimum absolute atomic E-state index is 0.295. The van der Waals surface area contributed by atoms with Crippen molar-refractivity contribution in [3.8, 4) is 5.88 Å². The van der Waals surface area contributed by atoms with E-state index in [1.807, 2.05) is 13.1 Å². The van der Waals surface area contributed by atoms with Gasteiger partial charge in [0.15, 0.2) is 0 Å². The van der Waals surface area contributed by atoms with Crippen LogP contribution in [-0.2, 0) is 0 Å². The fourth-order valence-electron chi connectivity index (χ4n) is 1.87. The molecular weight excluding hydrogens is 214 g/mol. The molecule has 0 radical (unpaired) electrons. The average molecular weight is 237 g/mol. The largest absolute Gasteiger partial charge is 0.481 e. The molecule has 0 fully saturated rings. The Hall–Kier alpha value is -1.16. The van der Waals surface area contributed by atoms with Crippen LogP contribution in [0, 0.1) is 0 Å². The molecule has 0 spiro atoms. The standard InChI is InChI=1S/C13H23N3O/c1-4-5-6-7-8-11(14-2)12-9-13(17-3)16-10-15-12/h9-11,14H,4-8H2,1-3H3. The summed E-state index contributed by atoms with van der Waals surface area (Å²) in [6.07, 6.45) is 7.76. The molecule has 1 atom stereocenters. The van der Waals surface area contributed by atoms with E-state index in [0.717, 1.165) is 12.1 Å². The highest BCUT2D eigenvalue weighted by atomic mass is 16.5. The topological polar surface area (TPSA) is 47.0 Å². The van der Waals surface area contributed by atoms with Crippen LogP contribution in [0.2, 0.25) is 0 Å².